The molecule has 0 aliphatic rings. The van der Waals surface area contributed by atoms with Crippen molar-refractivity contribution < 1.29 is 111 Å². The van der Waals surface area contributed by atoms with Gasteiger partial charge in [-0.3, -0.25) is 0 Å². The van der Waals surface area contributed by atoms with Gasteiger partial charge in [0.05, 0.1) is 0 Å². The summed E-state index contributed by atoms with van der Waals surface area (Å²) in [6.45, 7) is 37.7. The Labute approximate surface area is 308 Å². The number of rotatable bonds is 26. The van der Waals surface area contributed by atoms with Crippen molar-refractivity contribution in [3.05, 3.63) is 0 Å². The first-order chi connectivity index (χ1) is 21.3. The molecular formula is C30H70O13Ti4. The molecular weight excluding hydrogens is 760 g/mol. The fourth-order valence-corrected chi connectivity index (χ4v) is 29.3. The molecule has 0 aromatic carbocycles. The predicted octanol–water partition coefficient (Wildman–Crippen LogP) is 8.54. The zero-order chi connectivity index (χ0) is 37.0. The maximum absolute atomic E-state index is 7.13. The molecule has 0 aromatic heterocycles. The van der Waals surface area contributed by atoms with Gasteiger partial charge in [0.25, 0.3) is 0 Å². The summed E-state index contributed by atoms with van der Waals surface area (Å²) in [6, 6.07) is 0. The van der Waals surface area contributed by atoms with Crippen molar-refractivity contribution in [3.63, 3.8) is 0 Å². The van der Waals surface area contributed by atoms with Gasteiger partial charge in [0, 0.05) is 0 Å². The molecule has 0 aliphatic carbocycles. The van der Waals surface area contributed by atoms with Gasteiger partial charge < -0.3 is 0 Å². The van der Waals surface area contributed by atoms with Crippen LogP contribution in [0.1, 0.15) is 138 Å². The fourth-order valence-electron chi connectivity index (χ4n) is 3.95. The molecule has 0 heterocycles. The first kappa shape index (κ1) is 49.3. The Morgan fingerprint density at radius 1 is 0.191 bits per heavy atom. The van der Waals surface area contributed by atoms with Crippen molar-refractivity contribution in [2.45, 2.75) is 200 Å². The van der Waals surface area contributed by atoms with Crippen molar-refractivity contribution in [2.75, 3.05) is 0 Å². The molecule has 0 unspecified atom stereocenters. The molecule has 0 bridgehead atoms. The van der Waals surface area contributed by atoms with E-state index in [1.165, 1.54) is 0 Å². The van der Waals surface area contributed by atoms with E-state index in [9.17, 15) is 0 Å². The molecule has 0 saturated heterocycles. The average Bonchev–Trinajstić information content (AvgIpc) is 2.72. The monoisotopic (exact) mass is 830 g/mol. The van der Waals surface area contributed by atoms with Crippen LogP contribution in [0.2, 0.25) is 0 Å². The van der Waals surface area contributed by atoms with Gasteiger partial charge in [-0.1, -0.05) is 0 Å². The standard InChI is InChI=1S/10C3H7O.3O.4Ti/c10*1-3(2)4;;;;;;;/h10*3H,1-2H3;;;;;;;/q10*-1;;;;2*+2;2*+3. The Morgan fingerprint density at radius 3 is 0.426 bits per heavy atom. The second kappa shape index (κ2) is 22.5. The zero-order valence-corrected chi connectivity index (χ0v) is 39.3. The van der Waals surface area contributed by atoms with Crippen LogP contribution in [0.4, 0.5) is 0 Å². The average molecular weight is 830 g/mol. The van der Waals surface area contributed by atoms with E-state index in [0.717, 1.165) is 0 Å². The van der Waals surface area contributed by atoms with Crippen LogP contribution < -0.4 is 0 Å². The van der Waals surface area contributed by atoms with Crippen molar-refractivity contribution in [1.29, 1.82) is 0 Å². The summed E-state index contributed by atoms with van der Waals surface area (Å²) in [4.78, 5) is 0. The molecule has 17 heteroatoms. The molecule has 284 valence electrons. The van der Waals surface area contributed by atoms with Crippen LogP contribution in [0.3, 0.4) is 0 Å². The van der Waals surface area contributed by atoms with Crippen LogP contribution in [0.5, 0.6) is 0 Å². The molecule has 0 N–H and O–H groups in total. The van der Waals surface area contributed by atoms with Gasteiger partial charge in [0.1, 0.15) is 0 Å². The van der Waals surface area contributed by atoms with Crippen LogP contribution in [-0.4, -0.2) is 61.0 Å². The Hall–Kier alpha value is 2.34. The van der Waals surface area contributed by atoms with Gasteiger partial charge in [-0.05, 0) is 0 Å². The Kier molecular flexibility index (Phi) is 23.6. The van der Waals surface area contributed by atoms with Crippen LogP contribution in [-0.2, 0) is 111 Å². The quantitative estimate of drug-likeness (QED) is 0.0776. The second-order valence-corrected chi connectivity index (χ2v) is 28.8. The third-order valence-corrected chi connectivity index (χ3v) is 28.4. The third-order valence-electron chi connectivity index (χ3n) is 4.55. The van der Waals surface area contributed by atoms with Crippen LogP contribution >= 0.6 is 0 Å². The topological polar surface area (TPSA) is 120 Å². The third kappa shape index (κ3) is 21.0. The van der Waals surface area contributed by atoms with E-state index >= 15 is 0 Å². The molecule has 47 heavy (non-hydrogen) atoms. The summed E-state index contributed by atoms with van der Waals surface area (Å²) >= 11 is -20.0. The fraction of sp³-hybridized carbons (Fsp3) is 1.00. The predicted molar refractivity (Wildman–Crippen MR) is 165 cm³/mol. The summed E-state index contributed by atoms with van der Waals surface area (Å²) in [7, 11) is 0. The van der Waals surface area contributed by atoms with Gasteiger partial charge >= 0.3 is 311 Å². The summed E-state index contributed by atoms with van der Waals surface area (Å²) in [5, 5.41) is 0. The Bertz CT molecular complexity index is 704. The molecule has 0 fully saturated rings. The maximum atomic E-state index is 7.13. The van der Waals surface area contributed by atoms with Gasteiger partial charge in [-0.2, -0.15) is 0 Å². The van der Waals surface area contributed by atoms with Crippen molar-refractivity contribution in [1.82, 2.24) is 0 Å². The number of hydrogen-bond donors (Lipinski definition) is 0. The summed E-state index contributed by atoms with van der Waals surface area (Å²) in [5.74, 6) is 0. The normalized spacial score (nSPS) is 14.4. The van der Waals surface area contributed by atoms with Crippen molar-refractivity contribution in [2.24, 2.45) is 0 Å². The second-order valence-electron chi connectivity index (χ2n) is 14.0. The molecule has 13 nitrogen and oxygen atoms in total. The number of hydrogen-bond acceptors (Lipinski definition) is 13. The van der Waals surface area contributed by atoms with Gasteiger partial charge in [0.2, 0.25) is 0 Å². The van der Waals surface area contributed by atoms with Gasteiger partial charge in [-0.15, -0.1) is 0 Å². The molecule has 0 aromatic rings. The van der Waals surface area contributed by atoms with E-state index in [0.29, 0.717) is 0 Å². The minimum absolute atomic E-state index is 0.312. The molecule has 0 aliphatic heterocycles. The first-order valence-electron chi connectivity index (χ1n) is 17.2. The summed E-state index contributed by atoms with van der Waals surface area (Å²) < 4.78 is 86.6. The van der Waals surface area contributed by atoms with Crippen LogP contribution in [0, 0.1) is 0 Å². The molecule has 0 rings (SSSR count). The van der Waals surface area contributed by atoms with E-state index in [4.69, 9.17) is 38.9 Å². The summed E-state index contributed by atoms with van der Waals surface area (Å²) in [6.07, 6.45) is -3.53. The van der Waals surface area contributed by atoms with Crippen molar-refractivity contribution in [3.8, 4) is 0 Å². The molecule has 0 amide bonds. The van der Waals surface area contributed by atoms with Gasteiger partial charge in [-0.25, -0.2) is 0 Å². The molecule has 0 spiro atoms. The van der Waals surface area contributed by atoms with E-state index in [1.54, 1.807) is 0 Å². The van der Waals surface area contributed by atoms with E-state index in [1.807, 2.05) is 138 Å². The molecule has 0 atom stereocenters. The van der Waals surface area contributed by atoms with E-state index in [2.05, 4.69) is 0 Å². The van der Waals surface area contributed by atoms with Crippen LogP contribution in [0.25, 0.3) is 0 Å². The van der Waals surface area contributed by atoms with Gasteiger partial charge in [0.15, 0.2) is 0 Å². The van der Waals surface area contributed by atoms with Crippen molar-refractivity contribution >= 4 is 0 Å². The summed E-state index contributed by atoms with van der Waals surface area (Å²) in [5.41, 5.74) is 0. The molecule has 0 saturated carbocycles. The van der Waals surface area contributed by atoms with E-state index < -0.39 is 97.0 Å². The van der Waals surface area contributed by atoms with E-state index in [-0.39, 0.29) is 36.6 Å². The molecule has 0 radical (unpaired) electrons. The first-order valence-corrected chi connectivity index (χ1v) is 27.4. The SMILES string of the molecule is CC(C)[O][Ti]([O]C(C)C)([O]C(C)C)[O][Ti]([O]C(C)C)([O]C(C)C)[O][Ti]([O]C(C)C)([O]C(C)C)[O][Ti]([O]C(C)C)([O]C(C)C)[O]C(C)C. The van der Waals surface area contributed by atoms with Crippen LogP contribution in [0.15, 0.2) is 0 Å². The Morgan fingerprint density at radius 2 is 0.298 bits per heavy atom. The zero-order valence-electron chi connectivity index (χ0n) is 33.1. The Balaban J connectivity index is 7.95. The minimum atomic E-state index is -5.21.